The second kappa shape index (κ2) is 3.66. The summed E-state index contributed by atoms with van der Waals surface area (Å²) >= 11 is 0. The molecule has 0 radical (unpaired) electrons. The zero-order valence-electron chi connectivity index (χ0n) is 8.01. The van der Waals surface area contributed by atoms with E-state index in [4.69, 9.17) is 0 Å². The van der Waals surface area contributed by atoms with Gasteiger partial charge in [0.2, 0.25) is 6.41 Å². The molecule has 0 atom stereocenters. The molecule has 74 valence electrons. The summed E-state index contributed by atoms with van der Waals surface area (Å²) in [4.78, 5) is 10.3. The molecule has 0 aromatic rings. The molecule has 1 aliphatic heterocycles. The molecule has 13 heavy (non-hydrogen) atoms. The predicted octanol–water partition coefficient (Wildman–Crippen LogP) is 0.797. The number of amides is 1. The number of carbonyl (C=O) groups excluding carboxylic acids is 1. The van der Waals surface area contributed by atoms with E-state index < -0.39 is 0 Å². The highest BCUT2D eigenvalue weighted by Crippen LogP contribution is 2.34. The predicted molar refractivity (Wildman–Crippen MR) is 51.4 cm³/mol. The molecular formula is C10H18N2O. The number of rotatable bonds is 2. The van der Waals surface area contributed by atoms with Crippen molar-refractivity contribution in [1.82, 2.24) is 10.6 Å². The van der Waals surface area contributed by atoms with Gasteiger partial charge in [0.1, 0.15) is 0 Å². The first-order valence-electron chi connectivity index (χ1n) is 5.29. The van der Waals surface area contributed by atoms with Gasteiger partial charge in [0, 0.05) is 11.6 Å². The highest BCUT2D eigenvalue weighted by molar-refractivity contribution is 5.46. The van der Waals surface area contributed by atoms with E-state index in [-0.39, 0.29) is 0 Å². The van der Waals surface area contributed by atoms with Crippen molar-refractivity contribution in [2.24, 2.45) is 0 Å². The quantitative estimate of drug-likeness (QED) is 0.620. The largest absolute Gasteiger partial charge is 0.356 e. The first-order chi connectivity index (χ1) is 6.35. The van der Waals surface area contributed by atoms with Crippen LogP contribution < -0.4 is 10.6 Å². The highest BCUT2D eigenvalue weighted by atomic mass is 16.1. The van der Waals surface area contributed by atoms with Crippen LogP contribution in [0, 0.1) is 0 Å². The van der Waals surface area contributed by atoms with Crippen molar-refractivity contribution in [3.05, 3.63) is 0 Å². The molecule has 2 aliphatic rings. The van der Waals surface area contributed by atoms with Crippen LogP contribution in [-0.2, 0) is 4.79 Å². The highest BCUT2D eigenvalue weighted by Gasteiger charge is 2.36. The molecule has 1 heterocycles. The van der Waals surface area contributed by atoms with Crippen molar-refractivity contribution < 1.29 is 4.79 Å². The maximum atomic E-state index is 10.3. The average Bonchev–Trinajstić information content (AvgIpc) is 2.59. The van der Waals surface area contributed by atoms with E-state index in [9.17, 15) is 4.79 Å². The third-order valence-electron chi connectivity index (χ3n) is 3.58. The van der Waals surface area contributed by atoms with Gasteiger partial charge in [-0.1, -0.05) is 0 Å². The fraction of sp³-hybridized carbons (Fsp3) is 0.900. The van der Waals surface area contributed by atoms with Gasteiger partial charge in [-0.15, -0.1) is 0 Å². The van der Waals surface area contributed by atoms with Gasteiger partial charge >= 0.3 is 0 Å². The summed E-state index contributed by atoms with van der Waals surface area (Å²) in [6.07, 6.45) is 8.26. The van der Waals surface area contributed by atoms with E-state index in [2.05, 4.69) is 10.6 Å². The Morgan fingerprint density at radius 3 is 2.62 bits per heavy atom. The van der Waals surface area contributed by atoms with Gasteiger partial charge in [-0.3, -0.25) is 4.79 Å². The van der Waals surface area contributed by atoms with Crippen molar-refractivity contribution in [2.45, 2.75) is 50.1 Å². The number of hydrogen-bond acceptors (Lipinski definition) is 2. The van der Waals surface area contributed by atoms with Crippen LogP contribution >= 0.6 is 0 Å². The molecule has 0 bridgehead atoms. The lowest BCUT2D eigenvalue weighted by Gasteiger charge is -2.37. The van der Waals surface area contributed by atoms with Gasteiger partial charge in [-0.25, -0.2) is 0 Å². The van der Waals surface area contributed by atoms with Crippen molar-refractivity contribution >= 4 is 6.41 Å². The van der Waals surface area contributed by atoms with Crippen molar-refractivity contribution in [3.8, 4) is 0 Å². The Morgan fingerprint density at radius 2 is 2.08 bits per heavy atom. The maximum absolute atomic E-state index is 10.3. The molecule has 2 N–H and O–H groups in total. The summed E-state index contributed by atoms with van der Waals surface area (Å²) in [6.45, 7) is 1.19. The smallest absolute Gasteiger partial charge is 0.207 e. The molecule has 1 saturated heterocycles. The Labute approximate surface area is 79.3 Å². The molecule has 0 aromatic carbocycles. The number of hydrogen-bond donors (Lipinski definition) is 2. The van der Waals surface area contributed by atoms with E-state index in [1.165, 1.54) is 32.2 Å². The summed E-state index contributed by atoms with van der Waals surface area (Å²) in [6, 6.07) is 0.436. The Morgan fingerprint density at radius 1 is 1.31 bits per heavy atom. The standard InChI is InChI=1S/C10H18N2O/c13-8-11-9-2-5-10(6-3-9)4-1-7-12-10/h8-9,12H,1-7H2,(H,11,13). The van der Waals surface area contributed by atoms with Crippen LogP contribution in [0.3, 0.4) is 0 Å². The monoisotopic (exact) mass is 182 g/mol. The minimum Gasteiger partial charge on any atom is -0.356 e. The average molecular weight is 182 g/mol. The van der Waals surface area contributed by atoms with Crippen LogP contribution in [0.5, 0.6) is 0 Å². The Hall–Kier alpha value is -0.570. The molecule has 1 spiro atoms. The van der Waals surface area contributed by atoms with E-state index in [0.29, 0.717) is 11.6 Å². The van der Waals surface area contributed by atoms with Gasteiger partial charge < -0.3 is 10.6 Å². The molecule has 0 unspecified atom stereocenters. The normalized spacial score (nSPS) is 39.2. The topological polar surface area (TPSA) is 41.1 Å². The molecule has 1 aliphatic carbocycles. The molecule has 3 heteroatoms. The van der Waals surface area contributed by atoms with Gasteiger partial charge in [0.15, 0.2) is 0 Å². The summed E-state index contributed by atoms with van der Waals surface area (Å²) in [5, 5.41) is 6.50. The zero-order valence-corrected chi connectivity index (χ0v) is 8.01. The van der Waals surface area contributed by atoms with Crippen molar-refractivity contribution in [1.29, 1.82) is 0 Å². The Bertz CT molecular complexity index is 177. The lowest BCUT2D eigenvalue weighted by Crippen LogP contribution is -2.46. The van der Waals surface area contributed by atoms with Crippen LogP contribution in [0.15, 0.2) is 0 Å². The van der Waals surface area contributed by atoms with Crippen molar-refractivity contribution in [2.75, 3.05) is 6.54 Å². The summed E-state index contributed by atoms with van der Waals surface area (Å²) in [5.41, 5.74) is 0.446. The molecular weight excluding hydrogens is 164 g/mol. The Kier molecular flexibility index (Phi) is 2.54. The van der Waals surface area contributed by atoms with Gasteiger partial charge in [0.25, 0.3) is 0 Å². The summed E-state index contributed by atoms with van der Waals surface area (Å²) < 4.78 is 0. The summed E-state index contributed by atoms with van der Waals surface area (Å²) in [5.74, 6) is 0. The second-order valence-electron chi connectivity index (χ2n) is 4.37. The van der Waals surface area contributed by atoms with Crippen LogP contribution in [0.1, 0.15) is 38.5 Å². The fourth-order valence-corrected chi connectivity index (χ4v) is 2.73. The lowest BCUT2D eigenvalue weighted by molar-refractivity contribution is -0.110. The maximum Gasteiger partial charge on any atom is 0.207 e. The molecule has 3 nitrogen and oxygen atoms in total. The molecule has 1 saturated carbocycles. The van der Waals surface area contributed by atoms with E-state index >= 15 is 0 Å². The third-order valence-corrected chi connectivity index (χ3v) is 3.58. The van der Waals surface area contributed by atoms with E-state index in [1.807, 2.05) is 0 Å². The molecule has 2 rings (SSSR count). The van der Waals surface area contributed by atoms with E-state index in [0.717, 1.165) is 19.3 Å². The second-order valence-corrected chi connectivity index (χ2v) is 4.37. The van der Waals surface area contributed by atoms with Crippen LogP contribution in [-0.4, -0.2) is 24.5 Å². The third kappa shape index (κ3) is 1.85. The van der Waals surface area contributed by atoms with Gasteiger partial charge in [-0.05, 0) is 45.1 Å². The van der Waals surface area contributed by atoms with Crippen LogP contribution in [0.4, 0.5) is 0 Å². The van der Waals surface area contributed by atoms with Crippen LogP contribution in [0.2, 0.25) is 0 Å². The first kappa shape index (κ1) is 9.00. The summed E-state index contributed by atoms with van der Waals surface area (Å²) in [7, 11) is 0. The SMILES string of the molecule is O=CNC1CCC2(CCCN2)CC1. The molecule has 2 fully saturated rings. The minimum absolute atomic E-state index is 0.436. The molecule has 1 amide bonds. The van der Waals surface area contributed by atoms with Gasteiger partial charge in [0.05, 0.1) is 0 Å². The van der Waals surface area contributed by atoms with E-state index in [1.54, 1.807) is 0 Å². The minimum atomic E-state index is 0.436. The van der Waals surface area contributed by atoms with Gasteiger partial charge in [-0.2, -0.15) is 0 Å². The number of nitrogens with one attached hydrogen (secondary N) is 2. The molecule has 0 aromatic heterocycles. The first-order valence-corrected chi connectivity index (χ1v) is 5.29. The fourth-order valence-electron chi connectivity index (χ4n) is 2.73. The van der Waals surface area contributed by atoms with Crippen molar-refractivity contribution in [3.63, 3.8) is 0 Å². The zero-order chi connectivity index (χ0) is 9.15. The number of carbonyl (C=O) groups is 1. The lowest BCUT2D eigenvalue weighted by atomic mass is 9.78. The Balaban J connectivity index is 1.84. The van der Waals surface area contributed by atoms with Crippen LogP contribution in [0.25, 0.3) is 0 Å².